The normalized spacial score (nSPS) is 10.1. The number of halogens is 1. The van der Waals surface area contributed by atoms with Crippen molar-refractivity contribution in [3.8, 4) is 5.75 Å². The summed E-state index contributed by atoms with van der Waals surface area (Å²) in [6.07, 6.45) is 2.61. The molecule has 0 N–H and O–H groups in total. The van der Waals surface area contributed by atoms with Crippen LogP contribution in [0.1, 0.15) is 27.1 Å². The first kappa shape index (κ1) is 13.9. The summed E-state index contributed by atoms with van der Waals surface area (Å²) >= 11 is 0. The van der Waals surface area contributed by atoms with E-state index in [4.69, 9.17) is 4.74 Å². The number of Topliss-reactive ketones (excluding diaryl/α,β-unsaturated/α-hetero) is 2. The van der Waals surface area contributed by atoms with Crippen molar-refractivity contribution in [1.82, 2.24) is 4.98 Å². The summed E-state index contributed by atoms with van der Waals surface area (Å²) in [5.74, 6) is -1.37. The van der Waals surface area contributed by atoms with Crippen LogP contribution in [0.25, 0.3) is 0 Å². The molecule has 4 nitrogen and oxygen atoms in total. The lowest BCUT2D eigenvalue weighted by atomic mass is 10.0. The van der Waals surface area contributed by atoms with Crippen LogP contribution < -0.4 is 4.74 Å². The minimum Gasteiger partial charge on any atom is -0.494 e. The number of hydrogen-bond acceptors (Lipinski definition) is 4. The minimum absolute atomic E-state index is 0.0557. The highest BCUT2D eigenvalue weighted by Gasteiger charge is 2.15. The molecular formula is C15H12FNO3. The summed E-state index contributed by atoms with van der Waals surface area (Å²) in [4.78, 5) is 27.6. The number of aromatic nitrogens is 1. The van der Waals surface area contributed by atoms with Crippen molar-refractivity contribution in [1.29, 1.82) is 0 Å². The molecule has 102 valence electrons. The molecule has 20 heavy (non-hydrogen) atoms. The third-order valence-corrected chi connectivity index (χ3v) is 2.78. The van der Waals surface area contributed by atoms with Gasteiger partial charge in [-0.2, -0.15) is 0 Å². The molecule has 1 aromatic carbocycles. The number of pyridine rings is 1. The zero-order valence-corrected chi connectivity index (χ0v) is 10.8. The highest BCUT2D eigenvalue weighted by atomic mass is 19.1. The Bertz CT molecular complexity index is 641. The summed E-state index contributed by atoms with van der Waals surface area (Å²) in [5.41, 5.74) is 0.496. The van der Waals surface area contributed by atoms with Crippen molar-refractivity contribution in [2.24, 2.45) is 0 Å². The number of methoxy groups -OCH3 is 1. The number of carbonyl (C=O) groups excluding carboxylic acids is 2. The first-order valence-electron chi connectivity index (χ1n) is 5.92. The molecule has 2 rings (SSSR count). The van der Waals surface area contributed by atoms with Gasteiger partial charge in [0.05, 0.1) is 13.5 Å². The molecule has 0 saturated carbocycles. The van der Waals surface area contributed by atoms with Crippen molar-refractivity contribution in [2.45, 2.75) is 6.42 Å². The monoisotopic (exact) mass is 273 g/mol. The SMILES string of the molecule is COc1ccc(C(=O)CC(=O)c2cccnc2)cc1F. The maximum atomic E-state index is 13.5. The highest BCUT2D eigenvalue weighted by Crippen LogP contribution is 2.19. The fourth-order valence-electron chi connectivity index (χ4n) is 1.72. The van der Waals surface area contributed by atoms with Gasteiger partial charge in [0, 0.05) is 23.5 Å². The van der Waals surface area contributed by atoms with Crippen molar-refractivity contribution < 1.29 is 18.7 Å². The number of hydrogen-bond donors (Lipinski definition) is 0. The molecule has 0 saturated heterocycles. The molecule has 0 unspecified atom stereocenters. The van der Waals surface area contributed by atoms with Crippen molar-refractivity contribution in [3.63, 3.8) is 0 Å². The van der Waals surface area contributed by atoms with Crippen molar-refractivity contribution in [2.75, 3.05) is 7.11 Å². The Balaban J connectivity index is 2.13. The van der Waals surface area contributed by atoms with Gasteiger partial charge in [-0.1, -0.05) is 0 Å². The van der Waals surface area contributed by atoms with Gasteiger partial charge in [0.1, 0.15) is 0 Å². The second kappa shape index (κ2) is 6.06. The van der Waals surface area contributed by atoms with E-state index in [1.807, 2.05) is 0 Å². The molecule has 0 fully saturated rings. The Morgan fingerprint density at radius 1 is 1.20 bits per heavy atom. The van der Waals surface area contributed by atoms with Gasteiger partial charge in [-0.3, -0.25) is 14.6 Å². The van der Waals surface area contributed by atoms with Gasteiger partial charge >= 0.3 is 0 Å². The number of ketones is 2. The van der Waals surface area contributed by atoms with E-state index in [1.54, 1.807) is 12.1 Å². The number of nitrogens with zero attached hydrogens (tertiary/aromatic N) is 1. The van der Waals surface area contributed by atoms with Crippen molar-refractivity contribution >= 4 is 11.6 Å². The van der Waals surface area contributed by atoms with Crippen LogP contribution >= 0.6 is 0 Å². The van der Waals surface area contributed by atoms with E-state index in [0.29, 0.717) is 5.56 Å². The quantitative estimate of drug-likeness (QED) is 0.621. The lowest BCUT2D eigenvalue weighted by molar-refractivity contribution is 0.0894. The van der Waals surface area contributed by atoms with E-state index in [1.165, 1.54) is 31.6 Å². The fourth-order valence-corrected chi connectivity index (χ4v) is 1.72. The van der Waals surface area contributed by atoms with Gasteiger partial charge in [-0.15, -0.1) is 0 Å². The molecule has 5 heteroatoms. The van der Waals surface area contributed by atoms with E-state index in [0.717, 1.165) is 6.07 Å². The lowest BCUT2D eigenvalue weighted by Gasteiger charge is -2.04. The summed E-state index contributed by atoms with van der Waals surface area (Å²) in [7, 11) is 1.34. The predicted molar refractivity (Wildman–Crippen MR) is 70.5 cm³/mol. The number of rotatable bonds is 5. The Labute approximate surface area is 115 Å². The van der Waals surface area contributed by atoms with Crippen LogP contribution in [0.4, 0.5) is 4.39 Å². The van der Waals surface area contributed by atoms with Crippen LogP contribution in [0.3, 0.4) is 0 Å². The van der Waals surface area contributed by atoms with E-state index in [2.05, 4.69) is 4.98 Å². The van der Waals surface area contributed by atoms with Gasteiger partial charge in [-0.25, -0.2) is 4.39 Å². The van der Waals surface area contributed by atoms with E-state index < -0.39 is 11.6 Å². The smallest absolute Gasteiger partial charge is 0.172 e. The summed E-state index contributed by atoms with van der Waals surface area (Å²) in [6.45, 7) is 0. The number of ether oxygens (including phenoxy) is 1. The number of benzene rings is 1. The highest BCUT2D eigenvalue weighted by molar-refractivity contribution is 6.13. The van der Waals surface area contributed by atoms with Crippen molar-refractivity contribution in [3.05, 3.63) is 59.7 Å². The Morgan fingerprint density at radius 2 is 1.95 bits per heavy atom. The average molecular weight is 273 g/mol. The number of carbonyl (C=O) groups is 2. The second-order valence-corrected chi connectivity index (χ2v) is 4.11. The molecule has 0 aliphatic heterocycles. The van der Waals surface area contributed by atoms with Crippen LogP contribution in [0.15, 0.2) is 42.7 Å². The molecule has 0 bridgehead atoms. The van der Waals surface area contributed by atoms with Crippen LogP contribution in [-0.2, 0) is 0 Å². The Morgan fingerprint density at radius 3 is 2.55 bits per heavy atom. The third-order valence-electron chi connectivity index (χ3n) is 2.78. The van der Waals surface area contributed by atoms with Crippen LogP contribution in [0, 0.1) is 5.82 Å². The predicted octanol–water partition coefficient (Wildman–Crippen LogP) is 2.69. The zero-order valence-electron chi connectivity index (χ0n) is 10.8. The second-order valence-electron chi connectivity index (χ2n) is 4.11. The van der Waals surface area contributed by atoms with E-state index in [-0.39, 0.29) is 23.5 Å². The summed E-state index contributed by atoms with van der Waals surface area (Å²) in [5, 5.41) is 0. The zero-order chi connectivity index (χ0) is 14.5. The maximum absolute atomic E-state index is 13.5. The molecule has 0 aliphatic rings. The molecular weight excluding hydrogens is 261 g/mol. The Kier molecular flexibility index (Phi) is 4.20. The van der Waals surface area contributed by atoms with Gasteiger partial charge in [-0.05, 0) is 30.3 Å². The molecule has 0 atom stereocenters. The van der Waals surface area contributed by atoms with Gasteiger partial charge < -0.3 is 4.74 Å². The first-order chi connectivity index (χ1) is 9.61. The fraction of sp³-hybridized carbons (Fsp3) is 0.133. The standard InChI is InChI=1S/C15H12FNO3/c1-20-15-5-4-10(7-12(15)16)13(18)8-14(19)11-3-2-6-17-9-11/h2-7,9H,8H2,1H3. The topological polar surface area (TPSA) is 56.3 Å². The summed E-state index contributed by atoms with van der Waals surface area (Å²) < 4.78 is 18.3. The Hall–Kier alpha value is -2.56. The van der Waals surface area contributed by atoms with Gasteiger partial charge in [0.15, 0.2) is 23.1 Å². The average Bonchev–Trinajstić information content (AvgIpc) is 2.48. The van der Waals surface area contributed by atoms with Crippen LogP contribution in [0.2, 0.25) is 0 Å². The molecule has 0 spiro atoms. The molecule has 0 aliphatic carbocycles. The molecule has 2 aromatic rings. The van der Waals surface area contributed by atoms with Crippen LogP contribution in [0.5, 0.6) is 5.75 Å². The van der Waals surface area contributed by atoms with Gasteiger partial charge in [0.2, 0.25) is 0 Å². The molecule has 0 amide bonds. The molecule has 1 heterocycles. The van der Waals surface area contributed by atoms with E-state index >= 15 is 0 Å². The summed E-state index contributed by atoms with van der Waals surface area (Å²) in [6, 6.07) is 7.05. The first-order valence-corrected chi connectivity index (χ1v) is 5.92. The molecule has 1 aromatic heterocycles. The largest absolute Gasteiger partial charge is 0.494 e. The minimum atomic E-state index is -0.632. The van der Waals surface area contributed by atoms with Crippen LogP contribution in [-0.4, -0.2) is 23.7 Å². The van der Waals surface area contributed by atoms with E-state index in [9.17, 15) is 14.0 Å². The van der Waals surface area contributed by atoms with Gasteiger partial charge in [0.25, 0.3) is 0 Å². The maximum Gasteiger partial charge on any atom is 0.172 e. The lowest BCUT2D eigenvalue weighted by Crippen LogP contribution is -2.09. The molecule has 0 radical (unpaired) electrons. The third kappa shape index (κ3) is 3.06.